The van der Waals surface area contributed by atoms with Gasteiger partial charge in [-0.3, -0.25) is 9.52 Å². The lowest BCUT2D eigenvalue weighted by Gasteiger charge is -2.32. The molecule has 0 radical (unpaired) electrons. The second kappa shape index (κ2) is 7.70. The van der Waals surface area contributed by atoms with E-state index in [9.17, 15) is 13.2 Å². The average molecular weight is 388 g/mol. The van der Waals surface area contributed by atoms with Crippen molar-refractivity contribution >= 4 is 21.6 Å². The molecule has 0 aliphatic carbocycles. The predicted molar refractivity (Wildman–Crippen MR) is 107 cm³/mol. The summed E-state index contributed by atoms with van der Waals surface area (Å²) in [6.45, 7) is 6.65. The number of hydrogen-bond acceptors (Lipinski definition) is 4. The van der Waals surface area contributed by atoms with Crippen LogP contribution in [0.15, 0.2) is 47.4 Å². The van der Waals surface area contributed by atoms with E-state index >= 15 is 0 Å². The van der Waals surface area contributed by atoms with Crippen LogP contribution in [0.25, 0.3) is 0 Å². The van der Waals surface area contributed by atoms with Crippen LogP contribution >= 0.6 is 0 Å². The molecule has 6 nitrogen and oxygen atoms in total. The van der Waals surface area contributed by atoms with E-state index in [0.29, 0.717) is 24.3 Å². The molecule has 1 aliphatic heterocycles. The number of anilines is 1. The van der Waals surface area contributed by atoms with Crippen LogP contribution in [0.1, 0.15) is 21.5 Å². The molecule has 1 fully saturated rings. The fourth-order valence-corrected chi connectivity index (χ4v) is 4.18. The number of hydrogen-bond donors (Lipinski definition) is 1. The lowest BCUT2D eigenvalue weighted by atomic mass is 10.1. The Morgan fingerprint density at radius 3 is 2.37 bits per heavy atom. The molecule has 0 bridgehead atoms. The Kier molecular flexibility index (Phi) is 5.53. The number of nitrogens with one attached hydrogen (secondary N) is 1. The highest BCUT2D eigenvalue weighted by Crippen LogP contribution is 2.21. The zero-order valence-electron chi connectivity index (χ0n) is 15.9. The lowest BCUT2D eigenvalue weighted by molar-refractivity contribution is 0.0663. The maximum atomic E-state index is 12.9. The third-order valence-electron chi connectivity index (χ3n) is 4.81. The van der Waals surface area contributed by atoms with Gasteiger partial charge in [0.25, 0.3) is 15.9 Å². The minimum absolute atomic E-state index is 0.0899. The zero-order chi connectivity index (χ0) is 19.6. The van der Waals surface area contributed by atoms with E-state index in [2.05, 4.69) is 9.62 Å². The van der Waals surface area contributed by atoms with E-state index in [0.717, 1.165) is 24.2 Å². The van der Waals surface area contributed by atoms with Crippen molar-refractivity contribution in [1.82, 2.24) is 9.80 Å². The van der Waals surface area contributed by atoms with Gasteiger partial charge in [-0.05, 0) is 56.3 Å². The maximum absolute atomic E-state index is 12.9. The molecule has 0 unspecified atom stereocenters. The molecular formula is C20H25N3O3S. The first kappa shape index (κ1) is 19.4. The average Bonchev–Trinajstić information content (AvgIpc) is 2.61. The van der Waals surface area contributed by atoms with Crippen LogP contribution in [0.5, 0.6) is 0 Å². The number of carbonyl (C=O) groups excluding carboxylic acids is 1. The highest BCUT2D eigenvalue weighted by molar-refractivity contribution is 7.92. The fraction of sp³-hybridized carbons (Fsp3) is 0.350. The summed E-state index contributed by atoms with van der Waals surface area (Å²) in [7, 11) is -1.75. The summed E-state index contributed by atoms with van der Waals surface area (Å²) in [5.74, 6) is -0.117. The molecule has 144 valence electrons. The Morgan fingerprint density at radius 1 is 1.00 bits per heavy atom. The van der Waals surface area contributed by atoms with Crippen LogP contribution in [0.4, 0.5) is 5.69 Å². The van der Waals surface area contributed by atoms with Crippen molar-refractivity contribution in [3.05, 3.63) is 59.2 Å². The summed E-state index contributed by atoms with van der Waals surface area (Å²) >= 11 is 0. The summed E-state index contributed by atoms with van der Waals surface area (Å²) in [5, 5.41) is 0. The molecule has 27 heavy (non-hydrogen) atoms. The van der Waals surface area contributed by atoms with Gasteiger partial charge in [0.15, 0.2) is 0 Å². The Balaban J connectivity index is 1.87. The van der Waals surface area contributed by atoms with E-state index < -0.39 is 10.0 Å². The van der Waals surface area contributed by atoms with Gasteiger partial charge >= 0.3 is 0 Å². The minimum Gasteiger partial charge on any atom is -0.336 e. The van der Waals surface area contributed by atoms with Gasteiger partial charge in [0.05, 0.1) is 4.90 Å². The third-order valence-corrected chi connectivity index (χ3v) is 6.19. The van der Waals surface area contributed by atoms with Crippen molar-refractivity contribution in [3.63, 3.8) is 0 Å². The number of piperazine rings is 1. The van der Waals surface area contributed by atoms with Crippen LogP contribution in [0.2, 0.25) is 0 Å². The molecule has 1 aliphatic rings. The van der Waals surface area contributed by atoms with E-state index in [-0.39, 0.29) is 10.8 Å². The molecule has 0 atom stereocenters. The predicted octanol–water partition coefficient (Wildman–Crippen LogP) is 2.49. The number of carbonyl (C=O) groups is 1. The molecule has 1 heterocycles. The van der Waals surface area contributed by atoms with Gasteiger partial charge in [0.1, 0.15) is 0 Å². The lowest BCUT2D eigenvalue weighted by Crippen LogP contribution is -2.47. The number of sulfonamides is 1. The normalized spacial score (nSPS) is 15.6. The standard InChI is InChI=1S/C20H25N3O3S/c1-15-5-4-6-17(13-15)21-27(25,26)18-8-7-16(2)19(14-18)20(24)23-11-9-22(3)10-12-23/h4-8,13-14,21H,9-12H2,1-3H3. The molecule has 2 aromatic rings. The Labute approximate surface area is 160 Å². The van der Waals surface area contributed by atoms with Gasteiger partial charge in [0.2, 0.25) is 0 Å². The topological polar surface area (TPSA) is 69.7 Å². The van der Waals surface area contributed by atoms with Gasteiger partial charge in [-0.2, -0.15) is 0 Å². The van der Waals surface area contributed by atoms with Crippen LogP contribution in [0.3, 0.4) is 0 Å². The molecule has 3 rings (SSSR count). The molecule has 2 aromatic carbocycles. The van der Waals surface area contributed by atoms with Crippen molar-refractivity contribution in [2.75, 3.05) is 37.9 Å². The number of amides is 1. The number of aryl methyl sites for hydroxylation is 2. The van der Waals surface area contributed by atoms with Crippen LogP contribution in [0, 0.1) is 13.8 Å². The summed E-state index contributed by atoms with van der Waals surface area (Å²) in [5.41, 5.74) is 2.67. The largest absolute Gasteiger partial charge is 0.336 e. The van der Waals surface area contributed by atoms with Gasteiger partial charge in [-0.25, -0.2) is 8.42 Å². The van der Waals surface area contributed by atoms with Crippen molar-refractivity contribution in [1.29, 1.82) is 0 Å². The zero-order valence-corrected chi connectivity index (χ0v) is 16.7. The third kappa shape index (κ3) is 4.48. The molecule has 7 heteroatoms. The molecule has 0 aromatic heterocycles. The van der Waals surface area contributed by atoms with E-state index in [1.54, 1.807) is 29.2 Å². The summed E-state index contributed by atoms with van der Waals surface area (Å²) in [6, 6.07) is 11.9. The van der Waals surface area contributed by atoms with Crippen LogP contribution in [-0.4, -0.2) is 57.4 Å². The van der Waals surface area contributed by atoms with E-state index in [1.807, 2.05) is 27.0 Å². The fourth-order valence-electron chi connectivity index (χ4n) is 3.10. The highest BCUT2D eigenvalue weighted by Gasteiger charge is 2.24. The van der Waals surface area contributed by atoms with Gasteiger partial charge in [-0.15, -0.1) is 0 Å². The van der Waals surface area contributed by atoms with Crippen molar-refractivity contribution in [3.8, 4) is 0 Å². The van der Waals surface area contributed by atoms with E-state index in [1.165, 1.54) is 12.1 Å². The van der Waals surface area contributed by atoms with Crippen molar-refractivity contribution in [2.45, 2.75) is 18.7 Å². The number of nitrogens with zero attached hydrogens (tertiary/aromatic N) is 2. The van der Waals surface area contributed by atoms with Crippen molar-refractivity contribution in [2.24, 2.45) is 0 Å². The first-order valence-corrected chi connectivity index (χ1v) is 10.4. The maximum Gasteiger partial charge on any atom is 0.261 e. The SMILES string of the molecule is Cc1cccc(NS(=O)(=O)c2ccc(C)c(C(=O)N3CCN(C)CC3)c2)c1. The molecule has 1 N–H and O–H groups in total. The summed E-state index contributed by atoms with van der Waals surface area (Å²) in [4.78, 5) is 16.9. The van der Waals surface area contributed by atoms with Gasteiger partial charge < -0.3 is 9.80 Å². The number of rotatable bonds is 4. The van der Waals surface area contributed by atoms with Gasteiger partial charge in [-0.1, -0.05) is 18.2 Å². The van der Waals surface area contributed by atoms with Crippen LogP contribution < -0.4 is 4.72 Å². The van der Waals surface area contributed by atoms with Gasteiger partial charge in [0, 0.05) is 37.4 Å². The first-order chi connectivity index (χ1) is 12.8. The highest BCUT2D eigenvalue weighted by atomic mass is 32.2. The molecule has 1 saturated heterocycles. The minimum atomic E-state index is -3.77. The Bertz CT molecular complexity index is 949. The Morgan fingerprint density at radius 2 is 1.70 bits per heavy atom. The number of likely N-dealkylation sites (N-methyl/N-ethyl adjacent to an activating group) is 1. The second-order valence-corrected chi connectivity index (χ2v) is 8.73. The van der Waals surface area contributed by atoms with E-state index in [4.69, 9.17) is 0 Å². The monoisotopic (exact) mass is 387 g/mol. The molecule has 0 spiro atoms. The number of benzene rings is 2. The molecule has 1 amide bonds. The summed E-state index contributed by atoms with van der Waals surface area (Å²) in [6.07, 6.45) is 0. The van der Waals surface area contributed by atoms with Crippen LogP contribution in [-0.2, 0) is 10.0 Å². The first-order valence-electron chi connectivity index (χ1n) is 8.94. The molecular weight excluding hydrogens is 362 g/mol. The smallest absolute Gasteiger partial charge is 0.261 e. The molecule has 0 saturated carbocycles. The quantitative estimate of drug-likeness (QED) is 0.875. The second-order valence-electron chi connectivity index (χ2n) is 7.05. The summed E-state index contributed by atoms with van der Waals surface area (Å²) < 4.78 is 28.1. The van der Waals surface area contributed by atoms with Crippen molar-refractivity contribution < 1.29 is 13.2 Å². The Hall–Kier alpha value is -2.38.